The molecule has 5 nitrogen and oxygen atoms in total. The summed E-state index contributed by atoms with van der Waals surface area (Å²) in [5.41, 5.74) is 0.514. The van der Waals surface area contributed by atoms with E-state index < -0.39 is 11.5 Å². The highest BCUT2D eigenvalue weighted by Gasteiger charge is 2.50. The first-order valence-corrected chi connectivity index (χ1v) is 8.49. The van der Waals surface area contributed by atoms with Gasteiger partial charge in [0, 0.05) is 19.5 Å². The molecule has 1 fully saturated rings. The zero-order valence-corrected chi connectivity index (χ0v) is 15.0. The van der Waals surface area contributed by atoms with Crippen molar-refractivity contribution < 1.29 is 14.7 Å². The van der Waals surface area contributed by atoms with Crippen LogP contribution < -0.4 is 0 Å². The molecular formula is C19H28N2O3. The minimum Gasteiger partial charge on any atom is -0.390 e. The molecule has 1 aliphatic heterocycles. The van der Waals surface area contributed by atoms with E-state index in [-0.39, 0.29) is 30.7 Å². The van der Waals surface area contributed by atoms with E-state index in [1.54, 1.807) is 0 Å². The zero-order chi connectivity index (χ0) is 17.9. The summed E-state index contributed by atoms with van der Waals surface area (Å²) in [7, 11) is 1.92. The Morgan fingerprint density at radius 1 is 1.25 bits per heavy atom. The third-order valence-corrected chi connectivity index (χ3v) is 5.04. The summed E-state index contributed by atoms with van der Waals surface area (Å²) in [5.74, 6) is -0.245. The molecule has 0 aliphatic carbocycles. The first-order valence-electron chi connectivity index (χ1n) is 8.49. The number of hydrogen-bond acceptors (Lipinski definition) is 4. The molecule has 0 spiro atoms. The topological polar surface area (TPSA) is 60.9 Å². The average Bonchev–Trinajstić information content (AvgIpc) is 2.72. The Bertz CT molecular complexity index is 588. The largest absolute Gasteiger partial charge is 0.390 e. The summed E-state index contributed by atoms with van der Waals surface area (Å²) in [6.45, 7) is 6.94. The van der Waals surface area contributed by atoms with E-state index in [0.717, 1.165) is 5.56 Å². The number of imide groups is 1. The quantitative estimate of drug-likeness (QED) is 0.775. The molecule has 0 aromatic heterocycles. The molecule has 0 bridgehead atoms. The molecule has 132 valence electrons. The lowest BCUT2D eigenvalue weighted by molar-refractivity contribution is -0.143. The number of aliphatic hydroxyl groups excluding tert-OH is 1. The third kappa shape index (κ3) is 4.02. The summed E-state index contributed by atoms with van der Waals surface area (Å²) in [6, 6.07) is 9.99. The monoisotopic (exact) mass is 332 g/mol. The van der Waals surface area contributed by atoms with Gasteiger partial charge in [0.1, 0.15) is 0 Å². The van der Waals surface area contributed by atoms with Crippen LogP contribution in [-0.4, -0.2) is 53.0 Å². The maximum absolute atomic E-state index is 12.6. The number of hydrogen-bond donors (Lipinski definition) is 1. The van der Waals surface area contributed by atoms with Gasteiger partial charge in [0.05, 0.1) is 18.1 Å². The van der Waals surface area contributed by atoms with Crippen molar-refractivity contribution in [2.75, 3.05) is 20.1 Å². The van der Waals surface area contributed by atoms with E-state index in [0.29, 0.717) is 13.1 Å². The summed E-state index contributed by atoms with van der Waals surface area (Å²) in [5, 5.41) is 10.3. The van der Waals surface area contributed by atoms with Crippen LogP contribution in [-0.2, 0) is 16.1 Å². The fourth-order valence-corrected chi connectivity index (χ4v) is 3.13. The van der Waals surface area contributed by atoms with Crippen LogP contribution >= 0.6 is 0 Å². The van der Waals surface area contributed by atoms with Crippen molar-refractivity contribution in [1.29, 1.82) is 0 Å². The van der Waals surface area contributed by atoms with Crippen molar-refractivity contribution in [3.05, 3.63) is 35.9 Å². The van der Waals surface area contributed by atoms with Gasteiger partial charge in [0.2, 0.25) is 11.8 Å². The standard InChI is InChI=1S/C19H28N2O3/c1-14(2)19(3)10-17(23)21(18(19)24)13-16(22)12-20(4)11-15-8-6-5-7-9-15/h5-9,14,16,22H,10-13H2,1-4H3. The molecule has 2 unspecified atom stereocenters. The molecule has 0 radical (unpaired) electrons. The lowest BCUT2D eigenvalue weighted by atomic mass is 9.78. The lowest BCUT2D eigenvalue weighted by Gasteiger charge is -2.27. The van der Waals surface area contributed by atoms with Crippen molar-refractivity contribution >= 4 is 11.8 Å². The number of amides is 2. The summed E-state index contributed by atoms with van der Waals surface area (Å²) in [6.07, 6.45) is -0.517. The van der Waals surface area contributed by atoms with Crippen LogP contribution in [0.2, 0.25) is 0 Å². The smallest absolute Gasteiger partial charge is 0.235 e. The number of nitrogens with zero attached hydrogens (tertiary/aromatic N) is 2. The van der Waals surface area contributed by atoms with Crippen LogP contribution in [0.25, 0.3) is 0 Å². The number of likely N-dealkylation sites (N-methyl/N-ethyl adjacent to an activating group) is 1. The second-order valence-electron chi connectivity index (χ2n) is 7.39. The molecule has 1 saturated heterocycles. The Labute approximate surface area is 144 Å². The fraction of sp³-hybridized carbons (Fsp3) is 0.579. The van der Waals surface area contributed by atoms with Gasteiger partial charge < -0.3 is 5.11 Å². The Balaban J connectivity index is 1.91. The van der Waals surface area contributed by atoms with Crippen molar-refractivity contribution in [1.82, 2.24) is 9.80 Å². The molecule has 2 atom stereocenters. The van der Waals surface area contributed by atoms with E-state index in [2.05, 4.69) is 0 Å². The van der Waals surface area contributed by atoms with Gasteiger partial charge in [-0.2, -0.15) is 0 Å². The predicted molar refractivity (Wildman–Crippen MR) is 93.1 cm³/mol. The predicted octanol–water partition coefficient (Wildman–Crippen LogP) is 1.90. The van der Waals surface area contributed by atoms with Crippen molar-refractivity contribution in [2.45, 2.75) is 39.8 Å². The van der Waals surface area contributed by atoms with E-state index >= 15 is 0 Å². The lowest BCUT2D eigenvalue weighted by Crippen LogP contribution is -2.43. The minimum atomic E-state index is -0.749. The van der Waals surface area contributed by atoms with Gasteiger partial charge in [-0.3, -0.25) is 19.4 Å². The summed E-state index contributed by atoms with van der Waals surface area (Å²) in [4.78, 5) is 28.0. The van der Waals surface area contributed by atoms with Gasteiger partial charge in [0.15, 0.2) is 0 Å². The van der Waals surface area contributed by atoms with Gasteiger partial charge in [-0.25, -0.2) is 0 Å². The van der Waals surface area contributed by atoms with Crippen molar-refractivity contribution in [3.63, 3.8) is 0 Å². The van der Waals surface area contributed by atoms with Gasteiger partial charge in [-0.05, 0) is 25.5 Å². The number of β-amino-alcohol motifs (C(OH)–C–C–N with tert-alkyl or cyclic N) is 1. The minimum absolute atomic E-state index is 0.0686. The van der Waals surface area contributed by atoms with Gasteiger partial charge >= 0.3 is 0 Å². The molecule has 1 aromatic rings. The van der Waals surface area contributed by atoms with Crippen LogP contribution in [0.1, 0.15) is 32.8 Å². The number of aliphatic hydroxyl groups is 1. The second kappa shape index (κ2) is 7.45. The van der Waals surface area contributed by atoms with Gasteiger partial charge in [0.25, 0.3) is 0 Å². The molecule has 24 heavy (non-hydrogen) atoms. The molecule has 1 aromatic carbocycles. The van der Waals surface area contributed by atoms with E-state index in [9.17, 15) is 14.7 Å². The Morgan fingerprint density at radius 3 is 2.42 bits per heavy atom. The van der Waals surface area contributed by atoms with E-state index in [1.807, 2.05) is 63.1 Å². The highest BCUT2D eigenvalue weighted by Crippen LogP contribution is 2.39. The summed E-state index contributed by atoms with van der Waals surface area (Å²) < 4.78 is 0. The van der Waals surface area contributed by atoms with Crippen LogP contribution in [0, 0.1) is 11.3 Å². The van der Waals surface area contributed by atoms with Crippen molar-refractivity contribution in [3.8, 4) is 0 Å². The maximum atomic E-state index is 12.6. The first-order chi connectivity index (χ1) is 11.2. The molecule has 1 N–H and O–H groups in total. The van der Waals surface area contributed by atoms with Crippen LogP contribution in [0.15, 0.2) is 30.3 Å². The maximum Gasteiger partial charge on any atom is 0.235 e. The second-order valence-corrected chi connectivity index (χ2v) is 7.39. The molecule has 0 saturated carbocycles. The molecule has 1 aliphatic rings. The van der Waals surface area contributed by atoms with E-state index in [1.165, 1.54) is 4.90 Å². The molecule has 2 rings (SSSR count). The molecular weight excluding hydrogens is 304 g/mol. The number of likely N-dealkylation sites (tertiary alicyclic amines) is 1. The number of rotatable bonds is 7. The van der Waals surface area contributed by atoms with Crippen molar-refractivity contribution in [2.24, 2.45) is 11.3 Å². The first kappa shape index (κ1) is 18.6. The number of benzene rings is 1. The van der Waals surface area contributed by atoms with Crippen LogP contribution in [0.5, 0.6) is 0 Å². The molecule has 5 heteroatoms. The Hall–Kier alpha value is -1.72. The number of carbonyl (C=O) groups is 2. The highest BCUT2D eigenvalue weighted by atomic mass is 16.3. The average molecular weight is 332 g/mol. The van der Waals surface area contributed by atoms with Gasteiger partial charge in [-0.15, -0.1) is 0 Å². The van der Waals surface area contributed by atoms with Gasteiger partial charge in [-0.1, -0.05) is 44.2 Å². The highest BCUT2D eigenvalue weighted by molar-refractivity contribution is 6.05. The van der Waals surface area contributed by atoms with Crippen LogP contribution in [0.3, 0.4) is 0 Å². The normalized spacial score (nSPS) is 22.7. The van der Waals surface area contributed by atoms with Crippen LogP contribution in [0.4, 0.5) is 0 Å². The zero-order valence-electron chi connectivity index (χ0n) is 15.0. The Morgan fingerprint density at radius 2 is 1.88 bits per heavy atom. The SMILES string of the molecule is CC(C)C1(C)CC(=O)N(CC(O)CN(C)Cc2ccccc2)C1=O. The molecule has 2 amide bonds. The number of carbonyl (C=O) groups excluding carboxylic acids is 2. The summed E-state index contributed by atoms with van der Waals surface area (Å²) >= 11 is 0. The Kier molecular flexibility index (Phi) is 5.78. The molecule has 1 heterocycles. The third-order valence-electron chi connectivity index (χ3n) is 5.04. The van der Waals surface area contributed by atoms with E-state index in [4.69, 9.17) is 0 Å². The fourth-order valence-electron chi connectivity index (χ4n) is 3.13.